The second-order valence-electron chi connectivity index (χ2n) is 5.03. The first kappa shape index (κ1) is 16.9. The maximum atomic E-state index is 12.5. The van der Waals surface area contributed by atoms with E-state index < -0.39 is 16.4 Å². The van der Waals surface area contributed by atoms with Crippen LogP contribution < -0.4 is 0 Å². The van der Waals surface area contributed by atoms with E-state index in [1.54, 1.807) is 4.90 Å². The van der Waals surface area contributed by atoms with Gasteiger partial charge in [0.25, 0.3) is 5.91 Å². The molecular weight excluding hydrogens is 274 g/mol. The van der Waals surface area contributed by atoms with Crippen molar-refractivity contribution in [1.82, 2.24) is 9.80 Å². The van der Waals surface area contributed by atoms with Gasteiger partial charge in [-0.05, 0) is 26.6 Å². The molecule has 0 atom stereocenters. The summed E-state index contributed by atoms with van der Waals surface area (Å²) in [5.74, 6) is -0.960. The average Bonchev–Trinajstić information content (AvgIpc) is 2.42. The fraction of sp³-hybridized carbons (Fsp3) is 0.500. The fourth-order valence-electron chi connectivity index (χ4n) is 1.93. The number of likely N-dealkylation sites (N-methyl/N-ethyl adjacent to an activating group) is 1. The van der Waals surface area contributed by atoms with E-state index in [1.165, 1.54) is 18.2 Å². The van der Waals surface area contributed by atoms with Gasteiger partial charge >= 0.3 is 5.69 Å². The highest BCUT2D eigenvalue weighted by Gasteiger charge is 2.24. The van der Waals surface area contributed by atoms with Crippen LogP contribution in [0.4, 0.5) is 5.69 Å². The number of phenols is 1. The molecule has 0 aliphatic rings. The molecule has 116 valence electrons. The van der Waals surface area contributed by atoms with Crippen LogP contribution in [0.25, 0.3) is 0 Å². The van der Waals surface area contributed by atoms with Crippen LogP contribution in [0.15, 0.2) is 18.2 Å². The Kier molecular flexibility index (Phi) is 6.10. The molecule has 1 aromatic carbocycles. The zero-order chi connectivity index (χ0) is 16.0. The number of nitro benzene ring substituents is 1. The summed E-state index contributed by atoms with van der Waals surface area (Å²) in [5.41, 5.74) is -0.485. The summed E-state index contributed by atoms with van der Waals surface area (Å²) in [6, 6.07) is 3.99. The maximum Gasteiger partial charge on any atom is 0.311 e. The van der Waals surface area contributed by atoms with Crippen LogP contribution in [0.5, 0.6) is 5.75 Å². The summed E-state index contributed by atoms with van der Waals surface area (Å²) >= 11 is 0. The molecule has 0 unspecified atom stereocenters. The molecule has 7 nitrogen and oxygen atoms in total. The molecule has 0 aliphatic heterocycles. The minimum Gasteiger partial charge on any atom is -0.502 e. The number of carbonyl (C=O) groups excluding carboxylic acids is 1. The molecule has 1 N–H and O–H groups in total. The summed E-state index contributed by atoms with van der Waals surface area (Å²) in [4.78, 5) is 26.1. The van der Waals surface area contributed by atoms with Crippen LogP contribution in [0, 0.1) is 10.1 Å². The first-order chi connectivity index (χ1) is 9.88. The van der Waals surface area contributed by atoms with Gasteiger partial charge in [0.05, 0.1) is 10.5 Å². The molecule has 1 amide bonds. The molecular formula is C14H21N3O4. The zero-order valence-corrected chi connectivity index (χ0v) is 12.6. The topological polar surface area (TPSA) is 86.9 Å². The highest BCUT2D eigenvalue weighted by atomic mass is 16.6. The van der Waals surface area contributed by atoms with E-state index >= 15 is 0 Å². The number of para-hydroxylation sites is 1. The lowest BCUT2D eigenvalue weighted by atomic mass is 10.1. The molecule has 0 bridgehead atoms. The monoisotopic (exact) mass is 295 g/mol. The van der Waals surface area contributed by atoms with Gasteiger partial charge < -0.3 is 14.9 Å². The molecule has 0 heterocycles. The number of nitro groups is 1. The van der Waals surface area contributed by atoms with E-state index in [0.29, 0.717) is 19.6 Å². The quantitative estimate of drug-likeness (QED) is 0.611. The SMILES string of the molecule is CCCN(CCN(C)C)C(=O)c1cccc([N+](=O)[O-])c1O. The van der Waals surface area contributed by atoms with Gasteiger partial charge in [0.1, 0.15) is 0 Å². The Morgan fingerprint density at radius 1 is 1.29 bits per heavy atom. The number of rotatable bonds is 7. The maximum absolute atomic E-state index is 12.5. The number of hydrogen-bond acceptors (Lipinski definition) is 5. The highest BCUT2D eigenvalue weighted by Crippen LogP contribution is 2.30. The molecule has 0 spiro atoms. The molecule has 1 aromatic rings. The number of carbonyl (C=O) groups is 1. The van der Waals surface area contributed by atoms with Gasteiger partial charge in [-0.15, -0.1) is 0 Å². The van der Waals surface area contributed by atoms with Gasteiger partial charge in [0, 0.05) is 25.7 Å². The summed E-state index contributed by atoms with van der Waals surface area (Å²) in [6.45, 7) is 3.67. The van der Waals surface area contributed by atoms with E-state index in [1.807, 2.05) is 25.9 Å². The first-order valence-corrected chi connectivity index (χ1v) is 6.78. The first-order valence-electron chi connectivity index (χ1n) is 6.78. The number of hydrogen-bond donors (Lipinski definition) is 1. The number of phenolic OH excluding ortho intramolecular Hbond substituents is 1. The number of amides is 1. The molecule has 21 heavy (non-hydrogen) atoms. The number of benzene rings is 1. The van der Waals surface area contributed by atoms with Gasteiger partial charge in [-0.25, -0.2) is 0 Å². The average molecular weight is 295 g/mol. The highest BCUT2D eigenvalue weighted by molar-refractivity contribution is 5.98. The van der Waals surface area contributed by atoms with Crippen molar-refractivity contribution in [2.45, 2.75) is 13.3 Å². The van der Waals surface area contributed by atoms with Gasteiger partial charge in [0.2, 0.25) is 5.75 Å². The Hall–Kier alpha value is -2.15. The summed E-state index contributed by atoms with van der Waals surface area (Å²) in [7, 11) is 3.80. The molecule has 0 aromatic heterocycles. The Morgan fingerprint density at radius 3 is 2.48 bits per heavy atom. The predicted octanol–water partition coefficient (Wildman–Crippen LogP) is 1.71. The van der Waals surface area contributed by atoms with Crippen LogP contribution in [-0.2, 0) is 0 Å². The van der Waals surface area contributed by atoms with Gasteiger partial charge in [-0.2, -0.15) is 0 Å². The Morgan fingerprint density at radius 2 is 1.95 bits per heavy atom. The van der Waals surface area contributed by atoms with E-state index in [0.717, 1.165) is 6.42 Å². The van der Waals surface area contributed by atoms with Gasteiger partial charge in [-0.3, -0.25) is 14.9 Å². The third-order valence-corrected chi connectivity index (χ3v) is 3.04. The zero-order valence-electron chi connectivity index (χ0n) is 12.6. The van der Waals surface area contributed by atoms with Crippen LogP contribution in [0.3, 0.4) is 0 Å². The third kappa shape index (κ3) is 4.42. The van der Waals surface area contributed by atoms with Crippen LogP contribution in [0.2, 0.25) is 0 Å². The number of aromatic hydroxyl groups is 1. The number of nitrogens with zero attached hydrogens (tertiary/aromatic N) is 3. The lowest BCUT2D eigenvalue weighted by Crippen LogP contribution is -2.37. The standard InChI is InChI=1S/C14H21N3O4/c1-4-8-16(10-9-15(2)3)14(19)11-6-5-7-12(13(11)18)17(20)21/h5-7,18H,4,8-10H2,1-3H3. The molecule has 0 radical (unpaired) electrons. The van der Waals surface area contributed by atoms with Crippen molar-refractivity contribution in [1.29, 1.82) is 0 Å². The van der Waals surface area contributed by atoms with Gasteiger partial charge in [0.15, 0.2) is 0 Å². The normalized spacial score (nSPS) is 10.7. The van der Waals surface area contributed by atoms with Crippen LogP contribution >= 0.6 is 0 Å². The van der Waals surface area contributed by atoms with Crippen molar-refractivity contribution in [2.75, 3.05) is 33.7 Å². The molecule has 0 aliphatic carbocycles. The predicted molar refractivity (Wildman–Crippen MR) is 79.5 cm³/mol. The van der Waals surface area contributed by atoms with Crippen LogP contribution in [0.1, 0.15) is 23.7 Å². The molecule has 0 saturated heterocycles. The van der Waals surface area contributed by atoms with E-state index in [2.05, 4.69) is 0 Å². The van der Waals surface area contributed by atoms with Crippen molar-refractivity contribution in [3.05, 3.63) is 33.9 Å². The smallest absolute Gasteiger partial charge is 0.311 e. The summed E-state index contributed by atoms with van der Waals surface area (Å²) in [5, 5.41) is 20.7. The fourth-order valence-corrected chi connectivity index (χ4v) is 1.93. The van der Waals surface area contributed by atoms with E-state index in [4.69, 9.17) is 0 Å². The van der Waals surface area contributed by atoms with Crippen molar-refractivity contribution < 1.29 is 14.8 Å². The lowest BCUT2D eigenvalue weighted by molar-refractivity contribution is -0.385. The Labute approximate surface area is 123 Å². The Bertz CT molecular complexity index is 517. The lowest BCUT2D eigenvalue weighted by Gasteiger charge is -2.24. The largest absolute Gasteiger partial charge is 0.502 e. The van der Waals surface area contributed by atoms with E-state index in [-0.39, 0.29) is 11.5 Å². The Balaban J connectivity index is 3.03. The third-order valence-electron chi connectivity index (χ3n) is 3.04. The summed E-state index contributed by atoms with van der Waals surface area (Å²) < 4.78 is 0. The minimum absolute atomic E-state index is 0.0311. The van der Waals surface area contributed by atoms with Crippen molar-refractivity contribution >= 4 is 11.6 Å². The second kappa shape index (κ2) is 7.58. The molecule has 0 fully saturated rings. The second-order valence-corrected chi connectivity index (χ2v) is 5.03. The van der Waals surface area contributed by atoms with Crippen molar-refractivity contribution in [3.8, 4) is 5.75 Å². The van der Waals surface area contributed by atoms with Crippen molar-refractivity contribution in [3.63, 3.8) is 0 Å². The molecule has 0 saturated carbocycles. The molecule has 7 heteroatoms. The summed E-state index contributed by atoms with van der Waals surface area (Å²) in [6.07, 6.45) is 0.773. The molecule has 1 rings (SSSR count). The van der Waals surface area contributed by atoms with E-state index in [9.17, 15) is 20.0 Å². The van der Waals surface area contributed by atoms with Crippen LogP contribution in [-0.4, -0.2) is 59.5 Å². The van der Waals surface area contributed by atoms with Crippen molar-refractivity contribution in [2.24, 2.45) is 0 Å². The minimum atomic E-state index is -0.698. The van der Waals surface area contributed by atoms with Gasteiger partial charge in [-0.1, -0.05) is 13.0 Å².